The Balaban J connectivity index is 1.78. The zero-order valence-corrected chi connectivity index (χ0v) is 13.5. The second-order valence-corrected chi connectivity index (χ2v) is 5.88. The monoisotopic (exact) mass is 315 g/mol. The highest BCUT2D eigenvalue weighted by Gasteiger charge is 2.05. The Kier molecular flexibility index (Phi) is 6.09. The molecule has 23 heavy (non-hydrogen) atoms. The molecule has 0 unspecified atom stereocenters. The first kappa shape index (κ1) is 16.9. The van der Waals surface area contributed by atoms with Gasteiger partial charge in [-0.2, -0.15) is 0 Å². The van der Waals surface area contributed by atoms with Gasteiger partial charge in [0.15, 0.2) is 0 Å². The van der Waals surface area contributed by atoms with Crippen LogP contribution in [0.4, 0.5) is 15.9 Å². The summed E-state index contributed by atoms with van der Waals surface area (Å²) in [5, 5.41) is 6.03. The molecule has 0 aliphatic carbocycles. The van der Waals surface area contributed by atoms with E-state index in [2.05, 4.69) is 15.6 Å². The normalized spacial score (nSPS) is 10.6. The summed E-state index contributed by atoms with van der Waals surface area (Å²) in [6.07, 6.45) is 2.97. The van der Waals surface area contributed by atoms with Crippen molar-refractivity contribution in [2.45, 2.75) is 26.7 Å². The van der Waals surface area contributed by atoms with E-state index in [9.17, 15) is 9.18 Å². The van der Waals surface area contributed by atoms with E-state index in [1.165, 1.54) is 12.1 Å². The molecule has 0 fully saturated rings. The highest BCUT2D eigenvalue weighted by molar-refractivity contribution is 5.89. The number of anilines is 2. The molecule has 2 aromatic rings. The fourth-order valence-electron chi connectivity index (χ4n) is 2.14. The number of carbonyl (C=O) groups is 1. The van der Waals surface area contributed by atoms with Gasteiger partial charge >= 0.3 is 0 Å². The molecule has 0 saturated heterocycles. The average Bonchev–Trinajstić information content (AvgIpc) is 2.50. The quantitative estimate of drug-likeness (QED) is 0.816. The minimum absolute atomic E-state index is 0.0236. The van der Waals surface area contributed by atoms with Crippen LogP contribution in [0.5, 0.6) is 0 Å². The third kappa shape index (κ3) is 6.06. The average molecular weight is 315 g/mol. The standard InChI is InChI=1S/C18H22FN3O/c1-13(2)11-18(23)22-17-8-7-16(12-21-17)20-10-9-14-3-5-15(19)6-4-14/h3-8,12-13,20H,9-11H2,1-2H3,(H,21,22,23). The van der Waals surface area contributed by atoms with E-state index >= 15 is 0 Å². The second-order valence-electron chi connectivity index (χ2n) is 5.88. The Morgan fingerprint density at radius 2 is 1.91 bits per heavy atom. The van der Waals surface area contributed by atoms with Gasteiger partial charge in [0, 0.05) is 13.0 Å². The van der Waals surface area contributed by atoms with E-state index in [-0.39, 0.29) is 11.7 Å². The molecule has 1 aromatic heterocycles. The summed E-state index contributed by atoms with van der Waals surface area (Å²) in [6.45, 7) is 4.73. The molecule has 0 saturated carbocycles. The van der Waals surface area contributed by atoms with E-state index < -0.39 is 0 Å². The summed E-state index contributed by atoms with van der Waals surface area (Å²) in [5.41, 5.74) is 1.96. The number of halogens is 1. The predicted molar refractivity (Wildman–Crippen MR) is 90.9 cm³/mol. The van der Waals surface area contributed by atoms with Crippen molar-refractivity contribution in [2.24, 2.45) is 5.92 Å². The van der Waals surface area contributed by atoms with Crippen LogP contribution in [0.15, 0.2) is 42.6 Å². The fourth-order valence-corrected chi connectivity index (χ4v) is 2.14. The lowest BCUT2D eigenvalue weighted by atomic mass is 10.1. The van der Waals surface area contributed by atoms with Crippen LogP contribution in [-0.2, 0) is 11.2 Å². The van der Waals surface area contributed by atoms with Crippen LogP contribution in [0, 0.1) is 11.7 Å². The SMILES string of the molecule is CC(C)CC(=O)Nc1ccc(NCCc2ccc(F)cc2)cn1. The lowest BCUT2D eigenvalue weighted by Crippen LogP contribution is -2.14. The molecule has 0 radical (unpaired) electrons. The number of aromatic nitrogens is 1. The summed E-state index contributed by atoms with van der Waals surface area (Å²) in [4.78, 5) is 15.9. The van der Waals surface area contributed by atoms with Crippen molar-refractivity contribution in [3.8, 4) is 0 Å². The maximum Gasteiger partial charge on any atom is 0.225 e. The molecule has 0 bridgehead atoms. The Morgan fingerprint density at radius 3 is 2.52 bits per heavy atom. The van der Waals surface area contributed by atoms with E-state index in [1.54, 1.807) is 24.4 Å². The number of amides is 1. The number of nitrogens with zero attached hydrogens (tertiary/aromatic N) is 1. The summed E-state index contributed by atoms with van der Waals surface area (Å²) < 4.78 is 12.8. The number of hydrogen-bond acceptors (Lipinski definition) is 3. The molecule has 1 amide bonds. The molecule has 0 atom stereocenters. The lowest BCUT2D eigenvalue weighted by Gasteiger charge is -2.09. The third-order valence-corrected chi connectivity index (χ3v) is 3.28. The van der Waals surface area contributed by atoms with Crippen LogP contribution in [0.2, 0.25) is 0 Å². The molecule has 0 aliphatic heterocycles. The Bertz CT molecular complexity index is 624. The van der Waals surface area contributed by atoms with Gasteiger partial charge in [0.25, 0.3) is 0 Å². The van der Waals surface area contributed by atoms with Crippen LogP contribution in [0.25, 0.3) is 0 Å². The largest absolute Gasteiger partial charge is 0.383 e. The number of carbonyl (C=O) groups excluding carboxylic acids is 1. The molecule has 0 aliphatic rings. The minimum Gasteiger partial charge on any atom is -0.383 e. The maximum atomic E-state index is 12.8. The summed E-state index contributed by atoms with van der Waals surface area (Å²) in [5.74, 6) is 0.632. The predicted octanol–water partition coefficient (Wildman–Crippen LogP) is 3.86. The topological polar surface area (TPSA) is 54.0 Å². The van der Waals surface area contributed by atoms with Gasteiger partial charge in [0.05, 0.1) is 11.9 Å². The molecule has 1 aromatic carbocycles. The van der Waals surface area contributed by atoms with E-state index in [0.717, 1.165) is 24.2 Å². The van der Waals surface area contributed by atoms with Crippen molar-refractivity contribution >= 4 is 17.4 Å². The number of hydrogen-bond donors (Lipinski definition) is 2. The van der Waals surface area contributed by atoms with Crippen LogP contribution in [-0.4, -0.2) is 17.4 Å². The summed E-state index contributed by atoms with van der Waals surface area (Å²) >= 11 is 0. The fraction of sp³-hybridized carbons (Fsp3) is 0.333. The van der Waals surface area contributed by atoms with Gasteiger partial charge < -0.3 is 10.6 Å². The van der Waals surface area contributed by atoms with Crippen molar-refractivity contribution in [1.29, 1.82) is 0 Å². The first-order valence-electron chi connectivity index (χ1n) is 7.77. The minimum atomic E-state index is -0.221. The van der Waals surface area contributed by atoms with Gasteiger partial charge in [-0.25, -0.2) is 9.37 Å². The summed E-state index contributed by atoms with van der Waals surface area (Å²) in [7, 11) is 0. The smallest absolute Gasteiger partial charge is 0.225 e. The van der Waals surface area contributed by atoms with Gasteiger partial charge in [0.1, 0.15) is 11.6 Å². The van der Waals surface area contributed by atoms with Crippen LogP contribution in [0.1, 0.15) is 25.8 Å². The molecule has 4 nitrogen and oxygen atoms in total. The number of benzene rings is 1. The van der Waals surface area contributed by atoms with Crippen molar-refractivity contribution < 1.29 is 9.18 Å². The van der Waals surface area contributed by atoms with Crippen molar-refractivity contribution in [2.75, 3.05) is 17.2 Å². The Hall–Kier alpha value is -2.43. The molecule has 2 N–H and O–H groups in total. The first-order chi connectivity index (χ1) is 11.0. The van der Waals surface area contributed by atoms with Gasteiger partial charge in [-0.05, 0) is 42.2 Å². The van der Waals surface area contributed by atoms with Gasteiger partial charge in [-0.1, -0.05) is 26.0 Å². The molecule has 122 valence electrons. The molecular formula is C18H22FN3O. The Morgan fingerprint density at radius 1 is 1.17 bits per heavy atom. The third-order valence-electron chi connectivity index (χ3n) is 3.28. The highest BCUT2D eigenvalue weighted by atomic mass is 19.1. The Labute approximate surface area is 136 Å². The maximum absolute atomic E-state index is 12.8. The number of nitrogens with one attached hydrogen (secondary N) is 2. The molecule has 2 rings (SSSR count). The second kappa shape index (κ2) is 8.27. The number of rotatable bonds is 7. The van der Waals surface area contributed by atoms with Crippen molar-refractivity contribution in [3.05, 3.63) is 54.0 Å². The van der Waals surface area contributed by atoms with E-state index in [4.69, 9.17) is 0 Å². The first-order valence-corrected chi connectivity index (χ1v) is 7.77. The van der Waals surface area contributed by atoms with Crippen molar-refractivity contribution in [3.63, 3.8) is 0 Å². The van der Waals surface area contributed by atoms with E-state index in [0.29, 0.717) is 18.2 Å². The molecule has 5 heteroatoms. The highest BCUT2D eigenvalue weighted by Crippen LogP contribution is 2.11. The van der Waals surface area contributed by atoms with Gasteiger partial charge in [-0.15, -0.1) is 0 Å². The number of pyridine rings is 1. The van der Waals surface area contributed by atoms with Crippen LogP contribution >= 0.6 is 0 Å². The van der Waals surface area contributed by atoms with Gasteiger partial charge in [-0.3, -0.25) is 4.79 Å². The lowest BCUT2D eigenvalue weighted by molar-refractivity contribution is -0.116. The van der Waals surface area contributed by atoms with Crippen molar-refractivity contribution in [1.82, 2.24) is 4.98 Å². The molecule has 1 heterocycles. The molecule has 0 spiro atoms. The van der Waals surface area contributed by atoms with Gasteiger partial charge in [0.2, 0.25) is 5.91 Å². The van der Waals surface area contributed by atoms with Crippen LogP contribution in [0.3, 0.4) is 0 Å². The summed E-state index contributed by atoms with van der Waals surface area (Å²) in [6, 6.07) is 10.1. The van der Waals surface area contributed by atoms with E-state index in [1.807, 2.05) is 19.9 Å². The molecular weight excluding hydrogens is 293 g/mol. The van der Waals surface area contributed by atoms with Crippen LogP contribution < -0.4 is 10.6 Å². The zero-order valence-electron chi connectivity index (χ0n) is 13.5. The zero-order chi connectivity index (χ0) is 16.7.